The topological polar surface area (TPSA) is 49.4 Å². The van der Waals surface area contributed by atoms with Crippen LogP contribution in [0.15, 0.2) is 24.3 Å². The zero-order chi connectivity index (χ0) is 9.84. The van der Waals surface area contributed by atoms with Crippen molar-refractivity contribution in [2.75, 3.05) is 0 Å². The second-order valence-corrected chi connectivity index (χ2v) is 2.97. The predicted octanol–water partition coefficient (Wildman–Crippen LogP) is -2.14. The molecule has 0 spiro atoms. The summed E-state index contributed by atoms with van der Waals surface area (Å²) < 4.78 is 5.01. The number of halogens is 1. The third kappa shape index (κ3) is 4.33. The summed E-state index contributed by atoms with van der Waals surface area (Å²) in [6.45, 7) is 1.41. The van der Waals surface area contributed by atoms with Crippen LogP contribution in [0.5, 0.6) is 5.75 Å². The van der Waals surface area contributed by atoms with Crippen molar-refractivity contribution < 1.29 is 44.2 Å². The van der Waals surface area contributed by atoms with Crippen molar-refractivity contribution >= 4 is 17.6 Å². The molecule has 0 radical (unpaired) electrons. The van der Waals surface area contributed by atoms with Gasteiger partial charge in [0.25, 0.3) is 0 Å². The maximum atomic E-state index is 10.3. The van der Waals surface area contributed by atoms with E-state index in [9.17, 15) is 9.90 Å². The minimum Gasteiger partial charge on any atom is -0.546 e. The molecule has 14 heavy (non-hydrogen) atoms. The SMILES string of the molecule is C[C@H](Oc1ccc(Cl)cc1)C(=O)[O-].[Na+]. The number of rotatable bonds is 3. The van der Waals surface area contributed by atoms with E-state index in [-0.39, 0.29) is 29.6 Å². The summed E-state index contributed by atoms with van der Waals surface area (Å²) >= 11 is 5.63. The molecule has 0 saturated carbocycles. The third-order valence-electron chi connectivity index (χ3n) is 1.46. The molecule has 0 aliphatic carbocycles. The summed E-state index contributed by atoms with van der Waals surface area (Å²) in [4.78, 5) is 10.3. The first-order valence-corrected chi connectivity index (χ1v) is 4.10. The number of carboxylic acids is 1. The van der Waals surface area contributed by atoms with E-state index in [1.165, 1.54) is 6.92 Å². The molecule has 3 nitrogen and oxygen atoms in total. The number of ether oxygens (including phenoxy) is 1. The van der Waals surface area contributed by atoms with Gasteiger partial charge in [-0.25, -0.2) is 0 Å². The Morgan fingerprint density at radius 2 is 1.93 bits per heavy atom. The quantitative estimate of drug-likeness (QED) is 0.549. The second kappa shape index (κ2) is 6.30. The molecule has 1 atom stereocenters. The molecule has 0 N–H and O–H groups in total. The molecular weight excluding hydrogens is 215 g/mol. The molecule has 0 fully saturated rings. The van der Waals surface area contributed by atoms with Crippen molar-refractivity contribution in [1.82, 2.24) is 0 Å². The first-order valence-electron chi connectivity index (χ1n) is 3.72. The maximum Gasteiger partial charge on any atom is 1.00 e. The maximum absolute atomic E-state index is 10.3. The van der Waals surface area contributed by atoms with E-state index in [0.29, 0.717) is 10.8 Å². The van der Waals surface area contributed by atoms with Crippen LogP contribution >= 0.6 is 11.6 Å². The van der Waals surface area contributed by atoms with Crippen LogP contribution in [0.4, 0.5) is 0 Å². The van der Waals surface area contributed by atoms with E-state index in [1.54, 1.807) is 24.3 Å². The largest absolute Gasteiger partial charge is 1.00 e. The van der Waals surface area contributed by atoms with E-state index in [2.05, 4.69) is 0 Å². The van der Waals surface area contributed by atoms with Gasteiger partial charge in [0.2, 0.25) is 0 Å². The summed E-state index contributed by atoms with van der Waals surface area (Å²) in [5.41, 5.74) is 0. The van der Waals surface area contributed by atoms with Crippen molar-refractivity contribution in [2.24, 2.45) is 0 Å². The van der Waals surface area contributed by atoms with Gasteiger partial charge in [0.1, 0.15) is 11.9 Å². The summed E-state index contributed by atoms with van der Waals surface area (Å²) in [7, 11) is 0. The molecule has 0 aromatic heterocycles. The van der Waals surface area contributed by atoms with Crippen molar-refractivity contribution in [1.29, 1.82) is 0 Å². The van der Waals surface area contributed by atoms with Gasteiger partial charge < -0.3 is 14.6 Å². The minimum absolute atomic E-state index is 0. The number of benzene rings is 1. The van der Waals surface area contributed by atoms with Gasteiger partial charge in [0.05, 0.1) is 5.97 Å². The molecule has 0 saturated heterocycles. The number of carboxylic acid groups (broad SMARTS) is 1. The predicted molar refractivity (Wildman–Crippen MR) is 46.5 cm³/mol. The summed E-state index contributed by atoms with van der Waals surface area (Å²) in [5.74, 6) is -0.781. The minimum atomic E-state index is -1.24. The molecule has 0 aliphatic heterocycles. The summed E-state index contributed by atoms with van der Waals surface area (Å²) in [6, 6.07) is 6.45. The monoisotopic (exact) mass is 222 g/mol. The molecule has 1 rings (SSSR count). The summed E-state index contributed by atoms with van der Waals surface area (Å²) in [5, 5.41) is 10.9. The van der Waals surface area contributed by atoms with E-state index in [4.69, 9.17) is 16.3 Å². The smallest absolute Gasteiger partial charge is 0.546 e. The number of aliphatic carboxylic acids is 1. The Morgan fingerprint density at radius 1 is 1.43 bits per heavy atom. The number of carbonyl (C=O) groups is 1. The zero-order valence-corrected chi connectivity index (χ0v) is 10.7. The van der Waals surface area contributed by atoms with Crippen LogP contribution in [0.3, 0.4) is 0 Å². The van der Waals surface area contributed by atoms with Crippen LogP contribution in [0.2, 0.25) is 5.02 Å². The Balaban J connectivity index is 0.00000169. The van der Waals surface area contributed by atoms with Gasteiger partial charge in [0.15, 0.2) is 0 Å². The molecule has 5 heteroatoms. The van der Waals surface area contributed by atoms with Crippen LogP contribution in [0, 0.1) is 0 Å². The van der Waals surface area contributed by atoms with Crippen molar-refractivity contribution in [3.05, 3.63) is 29.3 Å². The molecular formula is C9H8ClNaO3. The van der Waals surface area contributed by atoms with Gasteiger partial charge in [-0.2, -0.15) is 0 Å². The Morgan fingerprint density at radius 3 is 2.36 bits per heavy atom. The van der Waals surface area contributed by atoms with Crippen molar-refractivity contribution in [3.63, 3.8) is 0 Å². The molecule has 0 bridgehead atoms. The molecule has 1 aromatic carbocycles. The van der Waals surface area contributed by atoms with Crippen molar-refractivity contribution in [3.8, 4) is 5.75 Å². The van der Waals surface area contributed by atoms with Gasteiger partial charge >= 0.3 is 29.6 Å². The molecule has 0 heterocycles. The normalized spacial score (nSPS) is 11.3. The van der Waals surface area contributed by atoms with Crippen LogP contribution in [-0.4, -0.2) is 12.1 Å². The van der Waals surface area contributed by atoms with Gasteiger partial charge in [-0.15, -0.1) is 0 Å². The molecule has 0 amide bonds. The van der Waals surface area contributed by atoms with E-state index in [0.717, 1.165) is 0 Å². The number of hydrogen-bond acceptors (Lipinski definition) is 3. The molecule has 70 valence electrons. The number of hydrogen-bond donors (Lipinski definition) is 0. The fourth-order valence-corrected chi connectivity index (χ4v) is 0.891. The van der Waals surface area contributed by atoms with Gasteiger partial charge in [-0.3, -0.25) is 0 Å². The van der Waals surface area contributed by atoms with E-state index < -0.39 is 12.1 Å². The van der Waals surface area contributed by atoms with Crippen LogP contribution < -0.4 is 39.4 Å². The summed E-state index contributed by atoms with van der Waals surface area (Å²) in [6.07, 6.45) is -0.957. The standard InChI is InChI=1S/C9H9ClO3.Na/c1-6(9(11)12)13-8-4-2-7(10)3-5-8;/h2-6H,1H3,(H,11,12);/q;+1/p-1/t6-;/m0./s1. The molecule has 0 unspecified atom stereocenters. The average molecular weight is 223 g/mol. The fraction of sp³-hybridized carbons (Fsp3) is 0.222. The van der Waals surface area contributed by atoms with Gasteiger partial charge in [0, 0.05) is 5.02 Å². The van der Waals surface area contributed by atoms with E-state index >= 15 is 0 Å². The van der Waals surface area contributed by atoms with Crippen LogP contribution in [-0.2, 0) is 4.79 Å². The molecule has 0 aliphatic rings. The van der Waals surface area contributed by atoms with Crippen LogP contribution in [0.25, 0.3) is 0 Å². The Labute approximate surface area is 109 Å². The van der Waals surface area contributed by atoms with Gasteiger partial charge in [-0.05, 0) is 31.2 Å². The number of carbonyl (C=O) groups excluding carboxylic acids is 1. The van der Waals surface area contributed by atoms with E-state index in [1.807, 2.05) is 0 Å². The fourth-order valence-electron chi connectivity index (χ4n) is 0.765. The second-order valence-electron chi connectivity index (χ2n) is 2.53. The first-order chi connectivity index (χ1) is 6.09. The third-order valence-corrected chi connectivity index (χ3v) is 1.71. The van der Waals surface area contributed by atoms with Crippen LogP contribution in [0.1, 0.15) is 6.92 Å². The first kappa shape index (κ1) is 13.8. The zero-order valence-electron chi connectivity index (χ0n) is 7.99. The average Bonchev–Trinajstić information content (AvgIpc) is 2.08. The van der Waals surface area contributed by atoms with Crippen molar-refractivity contribution in [2.45, 2.75) is 13.0 Å². The Kier molecular flexibility index (Phi) is 6.20. The molecule has 1 aromatic rings. The Bertz CT molecular complexity index is 299. The Hall–Kier alpha value is -0.220. The van der Waals surface area contributed by atoms with Gasteiger partial charge in [-0.1, -0.05) is 11.6 Å².